The molecule has 0 fully saturated rings. The normalized spacial score (nSPS) is 10.9. The Morgan fingerprint density at radius 1 is 0.677 bits per heavy atom. The summed E-state index contributed by atoms with van der Waals surface area (Å²) in [5.74, 6) is -1.77. The molecule has 174 valence electrons. The highest BCUT2D eigenvalue weighted by atomic mass is 16.4. The molecule has 31 heavy (non-hydrogen) atoms. The average Bonchev–Trinajstić information content (AvgIpc) is 2.78. The second kappa shape index (κ2) is 17.7. The van der Waals surface area contributed by atoms with Gasteiger partial charge in [0.1, 0.15) is 5.57 Å². The molecule has 0 aliphatic heterocycles. The maximum Gasteiger partial charge on any atom is 0.339 e. The van der Waals surface area contributed by atoms with E-state index in [-0.39, 0.29) is 5.57 Å². The van der Waals surface area contributed by atoms with Gasteiger partial charge in [-0.05, 0) is 18.4 Å². The van der Waals surface area contributed by atoms with Gasteiger partial charge in [-0.3, -0.25) is 4.79 Å². The van der Waals surface area contributed by atoms with Crippen LogP contribution in [0.15, 0.2) is 36.4 Å². The van der Waals surface area contributed by atoms with Crippen molar-refractivity contribution < 1.29 is 14.7 Å². The number of aryl methyl sites for hydroxylation is 1. The number of carboxylic acids is 1. The van der Waals surface area contributed by atoms with Crippen LogP contribution in [0.4, 0.5) is 0 Å². The van der Waals surface area contributed by atoms with Crippen LogP contribution in [-0.4, -0.2) is 16.9 Å². The number of ketones is 1. The SMILES string of the molecule is C=C(C(=O)O)C(=O)c1ccc(CCCCCCCCCCCCCCCCCC)cc1. The Morgan fingerprint density at radius 3 is 1.45 bits per heavy atom. The first-order valence-electron chi connectivity index (χ1n) is 12.6. The number of hydrogen-bond acceptors (Lipinski definition) is 2. The van der Waals surface area contributed by atoms with E-state index in [0.717, 1.165) is 12.8 Å². The van der Waals surface area contributed by atoms with Crippen molar-refractivity contribution in [2.45, 2.75) is 116 Å². The van der Waals surface area contributed by atoms with E-state index in [4.69, 9.17) is 5.11 Å². The summed E-state index contributed by atoms with van der Waals surface area (Å²) >= 11 is 0. The Kier molecular flexibility index (Phi) is 15.5. The van der Waals surface area contributed by atoms with Crippen molar-refractivity contribution in [1.29, 1.82) is 0 Å². The third-order valence-corrected chi connectivity index (χ3v) is 6.07. The van der Waals surface area contributed by atoms with Crippen LogP contribution in [0.1, 0.15) is 126 Å². The van der Waals surface area contributed by atoms with Crippen molar-refractivity contribution in [2.75, 3.05) is 0 Å². The molecule has 0 saturated carbocycles. The molecule has 0 heterocycles. The highest BCUT2D eigenvalue weighted by Gasteiger charge is 2.16. The van der Waals surface area contributed by atoms with Crippen LogP contribution in [-0.2, 0) is 11.2 Å². The second-order valence-electron chi connectivity index (χ2n) is 8.86. The van der Waals surface area contributed by atoms with Crippen LogP contribution in [0, 0.1) is 0 Å². The Balaban J connectivity index is 1.95. The molecular formula is C28H44O3. The van der Waals surface area contributed by atoms with Crippen molar-refractivity contribution in [1.82, 2.24) is 0 Å². The van der Waals surface area contributed by atoms with E-state index in [2.05, 4.69) is 13.5 Å². The summed E-state index contributed by atoms with van der Waals surface area (Å²) in [5, 5.41) is 8.86. The number of carboxylic acid groups (broad SMARTS) is 1. The number of aliphatic carboxylic acids is 1. The van der Waals surface area contributed by atoms with Crippen LogP contribution in [0.5, 0.6) is 0 Å². The van der Waals surface area contributed by atoms with Gasteiger partial charge in [0.25, 0.3) is 0 Å². The number of unbranched alkanes of at least 4 members (excludes halogenated alkanes) is 15. The van der Waals surface area contributed by atoms with Gasteiger partial charge in [-0.2, -0.15) is 0 Å². The van der Waals surface area contributed by atoms with Crippen LogP contribution < -0.4 is 0 Å². The molecule has 1 aromatic rings. The maximum absolute atomic E-state index is 11.9. The van der Waals surface area contributed by atoms with Gasteiger partial charge < -0.3 is 5.11 Å². The minimum atomic E-state index is -1.26. The smallest absolute Gasteiger partial charge is 0.339 e. The lowest BCUT2D eigenvalue weighted by Gasteiger charge is -2.05. The Labute approximate surface area is 190 Å². The lowest BCUT2D eigenvalue weighted by atomic mass is 10.00. The maximum atomic E-state index is 11.9. The second-order valence-corrected chi connectivity index (χ2v) is 8.86. The lowest BCUT2D eigenvalue weighted by Crippen LogP contribution is -2.11. The zero-order valence-electron chi connectivity index (χ0n) is 19.8. The van der Waals surface area contributed by atoms with E-state index in [0.29, 0.717) is 5.56 Å². The third-order valence-electron chi connectivity index (χ3n) is 6.07. The monoisotopic (exact) mass is 428 g/mol. The quantitative estimate of drug-likeness (QED) is 0.0746. The number of benzene rings is 1. The number of hydrogen-bond donors (Lipinski definition) is 1. The molecule has 0 unspecified atom stereocenters. The number of carbonyl (C=O) groups excluding carboxylic acids is 1. The molecule has 3 nitrogen and oxygen atoms in total. The minimum Gasteiger partial charge on any atom is -0.478 e. The van der Waals surface area contributed by atoms with Crippen molar-refractivity contribution >= 4 is 11.8 Å². The highest BCUT2D eigenvalue weighted by molar-refractivity contribution is 6.23. The van der Waals surface area contributed by atoms with E-state index in [1.54, 1.807) is 12.1 Å². The van der Waals surface area contributed by atoms with Gasteiger partial charge in [-0.15, -0.1) is 0 Å². The van der Waals surface area contributed by atoms with Gasteiger partial charge in [-0.1, -0.05) is 134 Å². The fourth-order valence-electron chi connectivity index (χ4n) is 3.97. The van der Waals surface area contributed by atoms with Gasteiger partial charge in [-0.25, -0.2) is 4.79 Å². The number of rotatable bonds is 20. The van der Waals surface area contributed by atoms with Crippen LogP contribution in [0.2, 0.25) is 0 Å². The molecule has 0 bridgehead atoms. The molecule has 1 aromatic carbocycles. The van der Waals surface area contributed by atoms with Gasteiger partial charge in [0, 0.05) is 5.56 Å². The standard InChI is InChI=1S/C28H44O3/c1-3-4-5-6-7-8-9-10-11-12-13-14-15-16-17-18-19-25-20-22-26(23-21-25)27(29)24(2)28(30)31/h20-23H,2-19H2,1H3,(H,30,31). The summed E-state index contributed by atoms with van der Waals surface area (Å²) in [6, 6.07) is 7.26. The van der Waals surface area contributed by atoms with Crippen molar-refractivity contribution in [3.8, 4) is 0 Å². The zero-order chi connectivity index (χ0) is 22.7. The van der Waals surface area contributed by atoms with E-state index < -0.39 is 11.8 Å². The molecule has 0 atom stereocenters. The average molecular weight is 429 g/mol. The van der Waals surface area contributed by atoms with Gasteiger partial charge in [0.2, 0.25) is 0 Å². The van der Waals surface area contributed by atoms with Gasteiger partial charge in [0.15, 0.2) is 5.78 Å². The lowest BCUT2D eigenvalue weighted by molar-refractivity contribution is -0.132. The summed E-state index contributed by atoms with van der Waals surface area (Å²) in [6.45, 7) is 5.60. The number of Topliss-reactive ketones (excluding diaryl/α,β-unsaturated/α-hetero) is 1. The summed E-state index contributed by atoms with van der Waals surface area (Å²) in [4.78, 5) is 22.8. The van der Waals surface area contributed by atoms with Crippen LogP contribution >= 0.6 is 0 Å². The van der Waals surface area contributed by atoms with Crippen molar-refractivity contribution in [2.24, 2.45) is 0 Å². The predicted molar refractivity (Wildman–Crippen MR) is 131 cm³/mol. The first-order chi connectivity index (χ1) is 15.1. The van der Waals surface area contributed by atoms with Crippen molar-refractivity contribution in [3.63, 3.8) is 0 Å². The molecular weight excluding hydrogens is 384 g/mol. The molecule has 0 saturated heterocycles. The summed E-state index contributed by atoms with van der Waals surface area (Å²) in [7, 11) is 0. The fourth-order valence-corrected chi connectivity index (χ4v) is 3.97. The molecule has 0 aliphatic carbocycles. The largest absolute Gasteiger partial charge is 0.478 e. The topological polar surface area (TPSA) is 54.4 Å². The molecule has 0 aromatic heterocycles. The molecule has 3 heteroatoms. The van der Waals surface area contributed by atoms with E-state index >= 15 is 0 Å². The van der Waals surface area contributed by atoms with Crippen molar-refractivity contribution in [3.05, 3.63) is 47.5 Å². The Bertz CT molecular complexity index is 630. The van der Waals surface area contributed by atoms with E-state index in [1.807, 2.05) is 12.1 Å². The summed E-state index contributed by atoms with van der Waals surface area (Å²) < 4.78 is 0. The third kappa shape index (κ3) is 13.2. The fraction of sp³-hybridized carbons (Fsp3) is 0.643. The minimum absolute atomic E-state index is 0.384. The van der Waals surface area contributed by atoms with Crippen LogP contribution in [0.25, 0.3) is 0 Å². The number of carbonyl (C=O) groups is 2. The molecule has 1 rings (SSSR count). The molecule has 1 N–H and O–H groups in total. The van der Waals surface area contributed by atoms with Gasteiger partial charge in [0.05, 0.1) is 0 Å². The van der Waals surface area contributed by atoms with E-state index in [1.165, 1.54) is 102 Å². The highest BCUT2D eigenvalue weighted by Crippen LogP contribution is 2.15. The molecule has 0 aliphatic rings. The summed E-state index contributed by atoms with van der Waals surface area (Å²) in [6.07, 6.45) is 22.9. The van der Waals surface area contributed by atoms with Gasteiger partial charge >= 0.3 is 5.97 Å². The van der Waals surface area contributed by atoms with Crippen LogP contribution in [0.3, 0.4) is 0 Å². The molecule has 0 amide bonds. The molecule has 0 radical (unpaired) electrons. The first kappa shape index (κ1) is 27.1. The van der Waals surface area contributed by atoms with E-state index in [9.17, 15) is 9.59 Å². The molecule has 0 spiro atoms. The Hall–Kier alpha value is -1.90. The predicted octanol–water partition coefficient (Wildman–Crippen LogP) is 8.31. The first-order valence-corrected chi connectivity index (χ1v) is 12.6. The Morgan fingerprint density at radius 2 is 1.06 bits per heavy atom. The summed E-state index contributed by atoms with van der Waals surface area (Å²) in [5.41, 5.74) is 1.21. The zero-order valence-corrected chi connectivity index (χ0v) is 19.8.